The lowest BCUT2D eigenvalue weighted by atomic mass is 10.2. The molecule has 1 aromatic heterocycles. The van der Waals surface area contributed by atoms with Crippen molar-refractivity contribution in [1.29, 1.82) is 0 Å². The Kier molecular flexibility index (Phi) is 6.51. The first-order chi connectivity index (χ1) is 12.3. The molecule has 0 unspecified atom stereocenters. The fraction of sp³-hybridized carbons (Fsp3) is 0.353. The van der Waals surface area contributed by atoms with Crippen LogP contribution in [0.2, 0.25) is 0 Å². The first-order valence-corrected chi connectivity index (χ1v) is 7.95. The number of anilines is 2. The second-order valence-corrected chi connectivity index (χ2v) is 5.91. The Bertz CT molecular complexity index is 732. The van der Waals surface area contributed by atoms with Gasteiger partial charge in [-0.3, -0.25) is 4.79 Å². The highest BCUT2D eigenvalue weighted by Crippen LogP contribution is 2.30. The normalized spacial score (nSPS) is 11.5. The average molecular weight is 367 g/mol. The minimum atomic E-state index is -4.47. The molecule has 2 rings (SSSR count). The summed E-state index contributed by atoms with van der Waals surface area (Å²) in [5.74, 6) is -0.192. The molecule has 1 aromatic carbocycles. The van der Waals surface area contributed by atoms with E-state index in [1.165, 1.54) is 24.5 Å². The van der Waals surface area contributed by atoms with E-state index in [9.17, 15) is 18.0 Å². The number of carbonyl (C=O) groups is 1. The SMILES string of the molecule is CN(C)CCCNc1ncc(C(=O)Nc2cccc(C(F)(F)F)c2)cn1. The number of nitrogens with zero attached hydrogens (tertiary/aromatic N) is 3. The summed E-state index contributed by atoms with van der Waals surface area (Å²) in [4.78, 5) is 22.3. The number of carbonyl (C=O) groups excluding carboxylic acids is 1. The zero-order valence-electron chi connectivity index (χ0n) is 14.5. The number of amides is 1. The van der Waals surface area contributed by atoms with Crippen LogP contribution in [0.3, 0.4) is 0 Å². The van der Waals surface area contributed by atoms with Gasteiger partial charge in [0.15, 0.2) is 0 Å². The van der Waals surface area contributed by atoms with Gasteiger partial charge in [-0.1, -0.05) is 6.07 Å². The fourth-order valence-electron chi connectivity index (χ4n) is 2.11. The van der Waals surface area contributed by atoms with Gasteiger partial charge >= 0.3 is 6.18 Å². The van der Waals surface area contributed by atoms with Gasteiger partial charge in [-0.15, -0.1) is 0 Å². The molecule has 0 atom stereocenters. The van der Waals surface area contributed by atoms with Crippen LogP contribution in [0.4, 0.5) is 24.8 Å². The van der Waals surface area contributed by atoms with Gasteiger partial charge in [0, 0.05) is 24.6 Å². The lowest BCUT2D eigenvalue weighted by Crippen LogP contribution is -2.17. The molecule has 140 valence electrons. The Hall–Kier alpha value is -2.68. The Morgan fingerprint density at radius 2 is 1.88 bits per heavy atom. The standard InChI is InChI=1S/C17H20F3N5O/c1-25(2)8-4-7-21-16-22-10-12(11-23-16)15(26)24-14-6-3-5-13(9-14)17(18,19)20/h3,5-6,9-11H,4,7-8H2,1-2H3,(H,24,26)(H,21,22,23). The molecule has 0 aliphatic heterocycles. The van der Waals surface area contributed by atoms with Gasteiger partial charge in [0.2, 0.25) is 5.95 Å². The van der Waals surface area contributed by atoms with Crippen LogP contribution < -0.4 is 10.6 Å². The summed E-state index contributed by atoms with van der Waals surface area (Å²) in [6, 6.07) is 4.43. The maximum Gasteiger partial charge on any atom is 0.416 e. The zero-order valence-corrected chi connectivity index (χ0v) is 14.5. The molecule has 1 amide bonds. The number of alkyl halides is 3. The van der Waals surface area contributed by atoms with Gasteiger partial charge < -0.3 is 15.5 Å². The summed E-state index contributed by atoms with van der Waals surface area (Å²) in [6.45, 7) is 1.61. The van der Waals surface area contributed by atoms with Crippen LogP contribution in [0.15, 0.2) is 36.7 Å². The first-order valence-electron chi connectivity index (χ1n) is 7.95. The summed E-state index contributed by atoms with van der Waals surface area (Å²) in [5.41, 5.74) is -0.624. The van der Waals surface area contributed by atoms with Crippen molar-refractivity contribution in [3.63, 3.8) is 0 Å². The van der Waals surface area contributed by atoms with E-state index in [1.807, 2.05) is 14.1 Å². The van der Waals surface area contributed by atoms with E-state index >= 15 is 0 Å². The third-order valence-corrected chi connectivity index (χ3v) is 3.43. The predicted molar refractivity (Wildman–Crippen MR) is 93.1 cm³/mol. The van der Waals surface area contributed by atoms with E-state index in [1.54, 1.807) is 0 Å². The molecule has 0 saturated heterocycles. The Morgan fingerprint density at radius 1 is 1.19 bits per heavy atom. The highest BCUT2D eigenvalue weighted by atomic mass is 19.4. The maximum absolute atomic E-state index is 12.7. The quantitative estimate of drug-likeness (QED) is 0.736. The van der Waals surface area contributed by atoms with Crippen molar-refractivity contribution in [3.8, 4) is 0 Å². The second kappa shape index (κ2) is 8.61. The molecule has 1 heterocycles. The third kappa shape index (κ3) is 5.99. The van der Waals surface area contributed by atoms with Crippen molar-refractivity contribution >= 4 is 17.5 Å². The molecule has 0 spiro atoms. The van der Waals surface area contributed by atoms with Crippen LogP contribution in [-0.2, 0) is 6.18 Å². The predicted octanol–water partition coefficient (Wildman–Crippen LogP) is 3.11. The highest BCUT2D eigenvalue weighted by Gasteiger charge is 2.30. The second-order valence-electron chi connectivity index (χ2n) is 5.91. The van der Waals surface area contributed by atoms with Gasteiger partial charge in [-0.2, -0.15) is 13.2 Å². The summed E-state index contributed by atoms with van der Waals surface area (Å²) in [5, 5.41) is 5.44. The van der Waals surface area contributed by atoms with E-state index in [-0.39, 0.29) is 11.3 Å². The van der Waals surface area contributed by atoms with Crippen LogP contribution in [0.25, 0.3) is 0 Å². The minimum absolute atomic E-state index is 0.0516. The molecule has 0 radical (unpaired) electrons. The Morgan fingerprint density at radius 3 is 2.50 bits per heavy atom. The average Bonchev–Trinajstić information content (AvgIpc) is 2.58. The summed E-state index contributed by atoms with van der Waals surface area (Å²) in [6.07, 6.45) is -0.910. The zero-order chi connectivity index (χ0) is 19.2. The molecule has 0 bridgehead atoms. The molecule has 6 nitrogen and oxygen atoms in total. The number of nitrogens with one attached hydrogen (secondary N) is 2. The van der Waals surface area contributed by atoms with Crippen LogP contribution in [-0.4, -0.2) is 48.0 Å². The molecule has 26 heavy (non-hydrogen) atoms. The Labute approximate surface area is 149 Å². The van der Waals surface area contributed by atoms with Crippen LogP contribution >= 0.6 is 0 Å². The van der Waals surface area contributed by atoms with Crippen molar-refractivity contribution in [3.05, 3.63) is 47.8 Å². The van der Waals surface area contributed by atoms with E-state index < -0.39 is 17.6 Å². The first kappa shape index (κ1) is 19.6. The molecule has 0 fully saturated rings. The summed E-state index contributed by atoms with van der Waals surface area (Å²) < 4.78 is 38.1. The van der Waals surface area contributed by atoms with Crippen molar-refractivity contribution in [2.75, 3.05) is 37.8 Å². The van der Waals surface area contributed by atoms with Crippen molar-refractivity contribution in [2.45, 2.75) is 12.6 Å². The smallest absolute Gasteiger partial charge is 0.354 e. The van der Waals surface area contributed by atoms with Crippen molar-refractivity contribution < 1.29 is 18.0 Å². The molecular formula is C17H20F3N5O. The monoisotopic (exact) mass is 367 g/mol. The number of benzene rings is 1. The molecule has 0 aliphatic carbocycles. The van der Waals surface area contributed by atoms with Gasteiger partial charge in [-0.05, 0) is 45.3 Å². The van der Waals surface area contributed by atoms with Crippen LogP contribution in [0.1, 0.15) is 22.3 Å². The summed E-state index contributed by atoms with van der Waals surface area (Å²) >= 11 is 0. The topological polar surface area (TPSA) is 70.2 Å². The largest absolute Gasteiger partial charge is 0.416 e. The molecular weight excluding hydrogens is 347 g/mol. The van der Waals surface area contributed by atoms with Crippen LogP contribution in [0, 0.1) is 0 Å². The molecule has 0 saturated carbocycles. The molecule has 2 aromatic rings. The lowest BCUT2D eigenvalue weighted by Gasteiger charge is -2.10. The van der Waals surface area contributed by atoms with E-state index in [0.29, 0.717) is 12.5 Å². The van der Waals surface area contributed by atoms with Gasteiger partial charge in [-0.25, -0.2) is 9.97 Å². The van der Waals surface area contributed by atoms with Crippen molar-refractivity contribution in [1.82, 2.24) is 14.9 Å². The number of rotatable bonds is 7. The Balaban J connectivity index is 1.94. The van der Waals surface area contributed by atoms with E-state index in [4.69, 9.17) is 0 Å². The molecule has 0 aliphatic rings. The number of hydrogen-bond donors (Lipinski definition) is 2. The van der Waals surface area contributed by atoms with E-state index in [0.717, 1.165) is 25.1 Å². The van der Waals surface area contributed by atoms with Crippen molar-refractivity contribution in [2.24, 2.45) is 0 Å². The number of aromatic nitrogens is 2. The van der Waals surface area contributed by atoms with E-state index in [2.05, 4.69) is 25.5 Å². The number of halogens is 3. The third-order valence-electron chi connectivity index (χ3n) is 3.43. The molecule has 2 N–H and O–H groups in total. The maximum atomic E-state index is 12.7. The minimum Gasteiger partial charge on any atom is -0.354 e. The summed E-state index contributed by atoms with van der Waals surface area (Å²) in [7, 11) is 3.96. The van der Waals surface area contributed by atoms with Gasteiger partial charge in [0.1, 0.15) is 0 Å². The van der Waals surface area contributed by atoms with Gasteiger partial charge in [0.05, 0.1) is 11.1 Å². The molecule has 9 heteroatoms. The fourth-order valence-corrected chi connectivity index (χ4v) is 2.11. The van der Waals surface area contributed by atoms with Gasteiger partial charge in [0.25, 0.3) is 5.91 Å². The lowest BCUT2D eigenvalue weighted by molar-refractivity contribution is -0.137. The van der Waals surface area contributed by atoms with Crippen LogP contribution in [0.5, 0.6) is 0 Å². The highest BCUT2D eigenvalue weighted by molar-refractivity contribution is 6.03. The number of hydrogen-bond acceptors (Lipinski definition) is 5.